The average Bonchev–Trinajstić information content (AvgIpc) is 3.17. The molecular formula is C20H26N4O4. The van der Waals surface area contributed by atoms with Crippen molar-refractivity contribution in [1.29, 1.82) is 0 Å². The third kappa shape index (κ3) is 3.11. The number of rotatable bonds is 5. The zero-order valence-electron chi connectivity index (χ0n) is 16.6. The van der Waals surface area contributed by atoms with Gasteiger partial charge in [-0.1, -0.05) is 12.8 Å². The maximum atomic E-state index is 12.6. The van der Waals surface area contributed by atoms with Crippen molar-refractivity contribution < 1.29 is 19.0 Å². The third-order valence-corrected chi connectivity index (χ3v) is 5.73. The van der Waals surface area contributed by atoms with Gasteiger partial charge in [0.05, 0.1) is 32.8 Å². The Labute approximate surface area is 164 Å². The molecule has 1 aromatic carbocycles. The molecule has 28 heavy (non-hydrogen) atoms. The lowest BCUT2D eigenvalue weighted by molar-refractivity contribution is -0.141. The van der Waals surface area contributed by atoms with E-state index in [1.54, 1.807) is 21.3 Å². The monoisotopic (exact) mass is 386 g/mol. The number of benzene rings is 1. The van der Waals surface area contributed by atoms with Gasteiger partial charge in [-0.2, -0.15) is 0 Å². The lowest BCUT2D eigenvalue weighted by atomic mass is 9.87. The zero-order valence-corrected chi connectivity index (χ0v) is 16.6. The molecule has 0 radical (unpaired) electrons. The molecule has 1 aliphatic carbocycles. The maximum absolute atomic E-state index is 12.6. The minimum atomic E-state index is 0.0151. The van der Waals surface area contributed by atoms with Crippen LogP contribution < -0.4 is 9.47 Å². The van der Waals surface area contributed by atoms with Crippen molar-refractivity contribution in [3.8, 4) is 22.9 Å². The second-order valence-electron chi connectivity index (χ2n) is 7.25. The lowest BCUT2D eigenvalue weighted by Gasteiger charge is -2.44. The van der Waals surface area contributed by atoms with Crippen molar-refractivity contribution in [2.75, 3.05) is 27.9 Å². The van der Waals surface area contributed by atoms with E-state index in [0.29, 0.717) is 18.0 Å². The van der Waals surface area contributed by atoms with Crippen molar-refractivity contribution in [1.82, 2.24) is 19.7 Å². The molecular weight excluding hydrogens is 360 g/mol. The Morgan fingerprint density at radius 1 is 1.07 bits per heavy atom. The van der Waals surface area contributed by atoms with E-state index in [4.69, 9.17) is 14.2 Å². The second-order valence-corrected chi connectivity index (χ2v) is 7.25. The third-order valence-electron chi connectivity index (χ3n) is 5.73. The highest BCUT2D eigenvalue weighted by atomic mass is 16.5. The Morgan fingerprint density at radius 3 is 2.54 bits per heavy atom. The van der Waals surface area contributed by atoms with E-state index in [9.17, 15) is 4.79 Å². The summed E-state index contributed by atoms with van der Waals surface area (Å²) in [6, 6.07) is 6.11. The van der Waals surface area contributed by atoms with Crippen LogP contribution in [0.5, 0.6) is 11.5 Å². The van der Waals surface area contributed by atoms with E-state index in [1.807, 2.05) is 23.1 Å². The van der Waals surface area contributed by atoms with Gasteiger partial charge in [0.1, 0.15) is 6.61 Å². The molecule has 150 valence electrons. The van der Waals surface area contributed by atoms with Crippen molar-refractivity contribution in [3.63, 3.8) is 0 Å². The van der Waals surface area contributed by atoms with Crippen molar-refractivity contribution in [3.05, 3.63) is 24.0 Å². The van der Waals surface area contributed by atoms with Crippen LogP contribution in [0.25, 0.3) is 11.4 Å². The molecule has 4 rings (SSSR count). The van der Waals surface area contributed by atoms with Gasteiger partial charge in [0.15, 0.2) is 23.1 Å². The van der Waals surface area contributed by atoms with Crippen molar-refractivity contribution in [2.45, 2.75) is 44.3 Å². The normalized spacial score (nSPS) is 21.0. The molecule has 2 aromatic rings. The molecule has 1 aliphatic heterocycles. The number of carbonyl (C=O) groups is 1. The molecule has 2 atom stereocenters. The van der Waals surface area contributed by atoms with Crippen LogP contribution in [0, 0.1) is 0 Å². The number of methoxy groups -OCH3 is 3. The second kappa shape index (κ2) is 7.79. The molecule has 0 bridgehead atoms. The molecule has 8 nitrogen and oxygen atoms in total. The van der Waals surface area contributed by atoms with Crippen LogP contribution in [-0.4, -0.2) is 59.5 Å². The predicted molar refractivity (Wildman–Crippen MR) is 102 cm³/mol. The Morgan fingerprint density at radius 2 is 1.82 bits per heavy atom. The molecule has 1 amide bonds. The number of aromatic nitrogens is 3. The molecule has 1 saturated carbocycles. The molecule has 1 aromatic heterocycles. The number of carbonyl (C=O) groups excluding carboxylic acids is 1. The van der Waals surface area contributed by atoms with Gasteiger partial charge in [0.25, 0.3) is 0 Å². The molecule has 0 spiro atoms. The maximum Gasteiger partial charge on any atom is 0.249 e. The van der Waals surface area contributed by atoms with Gasteiger partial charge in [-0.25, -0.2) is 0 Å². The van der Waals surface area contributed by atoms with Crippen molar-refractivity contribution >= 4 is 5.91 Å². The minimum Gasteiger partial charge on any atom is -0.493 e. The fraction of sp³-hybridized carbons (Fsp3) is 0.550. The summed E-state index contributed by atoms with van der Waals surface area (Å²) in [5, 5.41) is 8.90. The first-order chi connectivity index (χ1) is 13.7. The quantitative estimate of drug-likeness (QED) is 0.785. The topological polar surface area (TPSA) is 78.7 Å². The van der Waals surface area contributed by atoms with E-state index in [0.717, 1.165) is 42.9 Å². The van der Waals surface area contributed by atoms with Crippen LogP contribution in [0.3, 0.4) is 0 Å². The Kier molecular flexibility index (Phi) is 5.21. The first-order valence-corrected chi connectivity index (χ1v) is 9.62. The van der Waals surface area contributed by atoms with E-state index >= 15 is 0 Å². The SMILES string of the molecule is COCC(=O)N1Cc2nnc(-c3ccc(OC)c(OC)c3)n2[C@H]2CCCC[C@@H]21. The van der Waals surface area contributed by atoms with Crippen LogP contribution in [0.4, 0.5) is 0 Å². The van der Waals surface area contributed by atoms with Crippen molar-refractivity contribution in [2.24, 2.45) is 0 Å². The van der Waals surface area contributed by atoms with Crippen LogP contribution in [-0.2, 0) is 16.1 Å². The number of hydrogen-bond acceptors (Lipinski definition) is 6. The number of fused-ring (bicyclic) bond motifs is 3. The smallest absolute Gasteiger partial charge is 0.249 e. The van der Waals surface area contributed by atoms with Gasteiger partial charge in [-0.05, 0) is 31.0 Å². The summed E-state index contributed by atoms with van der Waals surface area (Å²) in [5.74, 6) is 2.98. The van der Waals surface area contributed by atoms with Crippen LogP contribution in [0.1, 0.15) is 37.5 Å². The molecule has 0 saturated heterocycles. The fourth-order valence-corrected chi connectivity index (χ4v) is 4.46. The van der Waals surface area contributed by atoms with Gasteiger partial charge < -0.3 is 23.7 Å². The molecule has 0 N–H and O–H groups in total. The largest absolute Gasteiger partial charge is 0.493 e. The minimum absolute atomic E-state index is 0.0151. The van der Waals surface area contributed by atoms with Gasteiger partial charge in [-0.15, -0.1) is 10.2 Å². The number of nitrogens with zero attached hydrogens (tertiary/aromatic N) is 4. The summed E-state index contributed by atoms with van der Waals surface area (Å²) < 4.78 is 18.1. The lowest BCUT2D eigenvalue weighted by Crippen LogP contribution is -2.51. The van der Waals surface area contributed by atoms with E-state index in [2.05, 4.69) is 14.8 Å². The zero-order chi connectivity index (χ0) is 19.7. The summed E-state index contributed by atoms with van der Waals surface area (Å²) in [7, 11) is 4.80. The molecule has 2 heterocycles. The Balaban J connectivity index is 1.75. The molecule has 0 unspecified atom stereocenters. The molecule has 2 aliphatic rings. The van der Waals surface area contributed by atoms with Gasteiger partial charge in [0.2, 0.25) is 5.91 Å². The first-order valence-electron chi connectivity index (χ1n) is 9.62. The molecule has 8 heteroatoms. The predicted octanol–water partition coefficient (Wildman–Crippen LogP) is 2.43. The van der Waals surface area contributed by atoms with Crippen LogP contribution in [0.2, 0.25) is 0 Å². The summed E-state index contributed by atoms with van der Waals surface area (Å²) in [6.45, 7) is 0.559. The van der Waals surface area contributed by atoms with E-state index in [1.165, 1.54) is 0 Å². The van der Waals surface area contributed by atoms with Crippen LogP contribution >= 0.6 is 0 Å². The van der Waals surface area contributed by atoms with E-state index < -0.39 is 0 Å². The number of hydrogen-bond donors (Lipinski definition) is 0. The van der Waals surface area contributed by atoms with Gasteiger partial charge in [0, 0.05) is 12.7 Å². The highest BCUT2D eigenvalue weighted by Gasteiger charge is 2.41. The van der Waals surface area contributed by atoms with E-state index in [-0.39, 0.29) is 24.6 Å². The highest BCUT2D eigenvalue weighted by molar-refractivity contribution is 5.78. The average molecular weight is 386 g/mol. The summed E-state index contributed by atoms with van der Waals surface area (Å²) in [5.41, 5.74) is 0.928. The summed E-state index contributed by atoms with van der Waals surface area (Å²) in [4.78, 5) is 14.5. The highest BCUT2D eigenvalue weighted by Crippen LogP contribution is 2.41. The van der Waals surface area contributed by atoms with Gasteiger partial charge in [-0.3, -0.25) is 4.79 Å². The first kappa shape index (κ1) is 18.7. The Hall–Kier alpha value is -2.61. The summed E-state index contributed by atoms with van der Waals surface area (Å²) in [6.07, 6.45) is 4.26. The van der Waals surface area contributed by atoms with Crippen LogP contribution in [0.15, 0.2) is 18.2 Å². The fourth-order valence-electron chi connectivity index (χ4n) is 4.46. The summed E-state index contributed by atoms with van der Waals surface area (Å²) >= 11 is 0. The number of amides is 1. The standard InChI is InChI=1S/C20H26N4O4/c1-26-12-19(25)23-11-18-21-22-20(24(18)15-7-5-4-6-14(15)23)13-8-9-16(27-2)17(10-13)28-3/h8-10,14-15H,4-7,11-12H2,1-3H3/t14-,15-/m0/s1. The molecule has 1 fully saturated rings. The van der Waals surface area contributed by atoms with Gasteiger partial charge >= 0.3 is 0 Å². The number of ether oxygens (including phenoxy) is 3. The Bertz CT molecular complexity index is 866.